The first-order valence-electron chi connectivity index (χ1n) is 13.0. The molecule has 0 bridgehead atoms. The molecule has 3 aromatic rings. The van der Waals surface area contributed by atoms with E-state index in [1.807, 2.05) is 6.20 Å². The lowest BCUT2D eigenvalue weighted by Crippen LogP contribution is -2.31. The number of aromatic nitrogens is 1. The van der Waals surface area contributed by atoms with Gasteiger partial charge in [0.25, 0.3) is 0 Å². The van der Waals surface area contributed by atoms with Crippen LogP contribution >= 0.6 is 0 Å². The van der Waals surface area contributed by atoms with Crippen LogP contribution in [0.15, 0.2) is 67.4 Å². The van der Waals surface area contributed by atoms with Gasteiger partial charge >= 0.3 is 0 Å². The third-order valence-corrected chi connectivity index (χ3v) is 8.14. The quantitative estimate of drug-likeness (QED) is 0.397. The van der Waals surface area contributed by atoms with Crippen molar-refractivity contribution in [2.24, 2.45) is 11.1 Å². The van der Waals surface area contributed by atoms with Crippen LogP contribution in [-0.4, -0.2) is 16.6 Å². The Morgan fingerprint density at radius 1 is 1.14 bits per heavy atom. The average molecular weight is 468 g/mol. The summed E-state index contributed by atoms with van der Waals surface area (Å²) in [4.78, 5) is 7.16. The van der Waals surface area contributed by atoms with E-state index in [9.17, 15) is 5.11 Å². The highest BCUT2D eigenvalue weighted by Crippen LogP contribution is 2.51. The maximum Gasteiger partial charge on any atom is 0.0712 e. The highest BCUT2D eigenvalue weighted by Gasteiger charge is 2.42. The zero-order valence-electron chi connectivity index (χ0n) is 20.8. The SMILES string of the molecule is C=C(CCC1(CCC)Cc2ccccc2[C@H]1N)c1ncc(N2CCCc3ccccc32)cc1CO. The van der Waals surface area contributed by atoms with Crippen molar-refractivity contribution >= 4 is 16.9 Å². The lowest BCUT2D eigenvalue weighted by Gasteiger charge is -2.34. The van der Waals surface area contributed by atoms with Crippen LogP contribution in [0.2, 0.25) is 0 Å². The smallest absolute Gasteiger partial charge is 0.0712 e. The molecule has 0 spiro atoms. The number of pyridine rings is 1. The number of nitrogens with two attached hydrogens (primary N) is 1. The van der Waals surface area contributed by atoms with Gasteiger partial charge in [-0.2, -0.15) is 0 Å². The summed E-state index contributed by atoms with van der Waals surface area (Å²) in [5.41, 5.74) is 15.9. The molecule has 0 amide bonds. The summed E-state index contributed by atoms with van der Waals surface area (Å²) in [6, 6.07) is 19.4. The topological polar surface area (TPSA) is 62.4 Å². The first kappa shape index (κ1) is 23.8. The Morgan fingerprint density at radius 2 is 1.91 bits per heavy atom. The molecule has 182 valence electrons. The second-order valence-electron chi connectivity index (χ2n) is 10.3. The molecule has 2 atom stereocenters. The van der Waals surface area contributed by atoms with Crippen molar-refractivity contribution in [3.8, 4) is 0 Å². The van der Waals surface area contributed by atoms with E-state index in [2.05, 4.69) is 73.0 Å². The van der Waals surface area contributed by atoms with Crippen LogP contribution in [0.25, 0.3) is 5.57 Å². The Kier molecular flexibility index (Phi) is 6.77. The number of para-hydroxylation sites is 1. The number of fused-ring (bicyclic) bond motifs is 2. The summed E-state index contributed by atoms with van der Waals surface area (Å²) in [6.45, 7) is 7.57. The molecular formula is C31H37N3O. The van der Waals surface area contributed by atoms with E-state index in [1.165, 1.54) is 22.4 Å². The van der Waals surface area contributed by atoms with Crippen molar-refractivity contribution < 1.29 is 5.11 Å². The maximum absolute atomic E-state index is 10.2. The van der Waals surface area contributed by atoms with Crippen LogP contribution in [0.4, 0.5) is 11.4 Å². The van der Waals surface area contributed by atoms with E-state index in [4.69, 9.17) is 10.7 Å². The first-order valence-corrected chi connectivity index (χ1v) is 13.0. The molecule has 1 aliphatic heterocycles. The van der Waals surface area contributed by atoms with Gasteiger partial charge in [0.15, 0.2) is 0 Å². The number of aliphatic hydroxyl groups is 1. The van der Waals surface area contributed by atoms with Gasteiger partial charge in [0.05, 0.1) is 24.2 Å². The van der Waals surface area contributed by atoms with Crippen molar-refractivity contribution in [3.05, 3.63) is 95.3 Å². The second kappa shape index (κ2) is 9.96. The van der Waals surface area contributed by atoms with Crippen LogP contribution in [0.1, 0.15) is 73.0 Å². The normalized spacial score (nSPS) is 21.0. The molecule has 35 heavy (non-hydrogen) atoms. The molecule has 2 aliphatic rings. The fraction of sp³-hybridized carbons (Fsp3) is 0.387. The van der Waals surface area contributed by atoms with Crippen molar-refractivity contribution in [2.45, 2.75) is 64.5 Å². The number of rotatable bonds is 8. The zero-order valence-corrected chi connectivity index (χ0v) is 20.8. The molecule has 3 N–H and O–H groups in total. The molecule has 5 rings (SSSR count). The van der Waals surface area contributed by atoms with Gasteiger partial charge in [-0.1, -0.05) is 62.4 Å². The highest BCUT2D eigenvalue weighted by atomic mass is 16.3. The second-order valence-corrected chi connectivity index (χ2v) is 10.3. The van der Waals surface area contributed by atoms with E-state index < -0.39 is 0 Å². The van der Waals surface area contributed by atoms with Crippen molar-refractivity contribution in [2.75, 3.05) is 11.4 Å². The fourth-order valence-electron chi connectivity index (χ4n) is 6.33. The number of benzene rings is 2. The minimum atomic E-state index is -0.0459. The molecular weight excluding hydrogens is 430 g/mol. The number of hydrogen-bond donors (Lipinski definition) is 2. The number of aryl methyl sites for hydroxylation is 1. The summed E-state index contributed by atoms with van der Waals surface area (Å²) < 4.78 is 0. The Hall–Kier alpha value is -2.95. The van der Waals surface area contributed by atoms with E-state index in [1.54, 1.807) is 0 Å². The average Bonchev–Trinajstić information content (AvgIpc) is 3.18. The summed E-state index contributed by atoms with van der Waals surface area (Å²) in [5, 5.41) is 10.2. The van der Waals surface area contributed by atoms with Crippen molar-refractivity contribution in [1.29, 1.82) is 0 Å². The van der Waals surface area contributed by atoms with Crippen LogP contribution in [0.3, 0.4) is 0 Å². The molecule has 1 unspecified atom stereocenters. The number of hydrogen-bond acceptors (Lipinski definition) is 4. The van der Waals surface area contributed by atoms with Gasteiger partial charge in [0.1, 0.15) is 0 Å². The molecule has 2 aromatic carbocycles. The molecule has 4 nitrogen and oxygen atoms in total. The molecule has 2 heterocycles. The third kappa shape index (κ3) is 4.41. The van der Waals surface area contributed by atoms with E-state index in [-0.39, 0.29) is 18.1 Å². The minimum Gasteiger partial charge on any atom is -0.392 e. The molecule has 4 heteroatoms. The molecule has 0 saturated heterocycles. The van der Waals surface area contributed by atoms with Gasteiger partial charge in [0, 0.05) is 23.8 Å². The van der Waals surface area contributed by atoms with E-state index in [0.717, 1.165) is 74.0 Å². The standard InChI is InChI=1S/C31H37N3O/c1-3-15-31(19-24-10-4-6-12-27(24)30(31)32)16-14-22(2)29-25(21-35)18-26(20-33-29)34-17-8-11-23-9-5-7-13-28(23)34/h4-7,9-10,12-13,18,20,30,35H,2-3,8,11,14-17,19,21,32H2,1H3/t30-,31?/m1/s1. The first-order chi connectivity index (χ1) is 17.1. The lowest BCUT2D eigenvalue weighted by molar-refractivity contribution is 0.206. The largest absolute Gasteiger partial charge is 0.392 e. The maximum atomic E-state index is 10.2. The van der Waals surface area contributed by atoms with Gasteiger partial charge in [-0.25, -0.2) is 0 Å². The minimum absolute atomic E-state index is 0.0459. The summed E-state index contributed by atoms with van der Waals surface area (Å²) in [6.07, 6.45) is 9.20. The summed E-state index contributed by atoms with van der Waals surface area (Å²) >= 11 is 0. The summed E-state index contributed by atoms with van der Waals surface area (Å²) in [7, 11) is 0. The Morgan fingerprint density at radius 3 is 2.69 bits per heavy atom. The fourth-order valence-corrected chi connectivity index (χ4v) is 6.33. The van der Waals surface area contributed by atoms with Gasteiger partial charge in [-0.3, -0.25) is 4.98 Å². The Bertz CT molecular complexity index is 1220. The number of aliphatic hydroxyl groups excluding tert-OH is 1. The Labute approximate surface area is 209 Å². The van der Waals surface area contributed by atoms with Crippen LogP contribution < -0.4 is 10.6 Å². The van der Waals surface area contributed by atoms with E-state index in [0.29, 0.717) is 0 Å². The van der Waals surface area contributed by atoms with Gasteiger partial charge in [-0.15, -0.1) is 0 Å². The summed E-state index contributed by atoms with van der Waals surface area (Å²) in [5.74, 6) is 0. The Balaban J connectivity index is 1.36. The van der Waals surface area contributed by atoms with Crippen LogP contribution in [0.5, 0.6) is 0 Å². The molecule has 1 aromatic heterocycles. The highest BCUT2D eigenvalue weighted by molar-refractivity contribution is 5.71. The van der Waals surface area contributed by atoms with E-state index >= 15 is 0 Å². The number of nitrogens with zero attached hydrogens (tertiary/aromatic N) is 2. The van der Waals surface area contributed by atoms with Crippen LogP contribution in [0, 0.1) is 5.41 Å². The number of allylic oxidation sites excluding steroid dienone is 1. The monoisotopic (exact) mass is 467 g/mol. The molecule has 1 aliphatic carbocycles. The van der Waals surface area contributed by atoms with Gasteiger partial charge in [-0.05, 0) is 78.3 Å². The predicted molar refractivity (Wildman–Crippen MR) is 145 cm³/mol. The molecule has 0 radical (unpaired) electrons. The third-order valence-electron chi connectivity index (χ3n) is 8.14. The molecule has 0 saturated carbocycles. The van der Waals surface area contributed by atoms with Gasteiger partial charge in [0.2, 0.25) is 0 Å². The van der Waals surface area contributed by atoms with Crippen molar-refractivity contribution in [3.63, 3.8) is 0 Å². The van der Waals surface area contributed by atoms with Crippen LogP contribution in [-0.2, 0) is 19.4 Å². The number of anilines is 2. The van der Waals surface area contributed by atoms with Gasteiger partial charge < -0.3 is 15.7 Å². The lowest BCUT2D eigenvalue weighted by atomic mass is 9.73. The predicted octanol–water partition coefficient (Wildman–Crippen LogP) is 6.49. The molecule has 0 fully saturated rings. The zero-order chi connectivity index (χ0) is 24.4. The van der Waals surface area contributed by atoms with Crippen molar-refractivity contribution in [1.82, 2.24) is 4.98 Å².